The van der Waals surface area contributed by atoms with E-state index in [9.17, 15) is 4.79 Å². The smallest absolute Gasteiger partial charge is 0.275 e. The second-order valence-electron chi connectivity index (χ2n) is 4.90. The number of hydrogen-bond donors (Lipinski definition) is 2. The number of carbonyl (C=O) groups is 1. The van der Waals surface area contributed by atoms with E-state index in [1.54, 1.807) is 0 Å². The Kier molecular flexibility index (Phi) is 3.81. The van der Waals surface area contributed by atoms with Gasteiger partial charge in [0.05, 0.1) is 4.88 Å². The van der Waals surface area contributed by atoms with Crippen LogP contribution in [0.25, 0.3) is 0 Å². The molecule has 0 bridgehead atoms. The molecule has 1 amide bonds. The van der Waals surface area contributed by atoms with Crippen LogP contribution in [0.2, 0.25) is 0 Å². The minimum atomic E-state index is -0.185. The number of likely N-dealkylation sites (tertiary alicyclic amines) is 1. The molecule has 1 aliphatic heterocycles. The van der Waals surface area contributed by atoms with Crippen LogP contribution in [0, 0.1) is 11.8 Å². The second-order valence-corrected chi connectivity index (χ2v) is 5.81. The van der Waals surface area contributed by atoms with Gasteiger partial charge in [-0.2, -0.15) is 0 Å². The molecule has 1 aliphatic rings. The van der Waals surface area contributed by atoms with Crippen molar-refractivity contribution in [2.24, 2.45) is 17.7 Å². The van der Waals surface area contributed by atoms with E-state index >= 15 is 0 Å². The molecule has 1 saturated heterocycles. The summed E-state index contributed by atoms with van der Waals surface area (Å²) in [6, 6.07) is 2.02. The van der Waals surface area contributed by atoms with Gasteiger partial charge in [-0.15, -0.1) is 11.3 Å². The Bertz CT molecular complexity index is 394. The van der Waals surface area contributed by atoms with Crippen molar-refractivity contribution < 1.29 is 4.79 Å². The largest absolute Gasteiger partial charge is 0.298 e. The molecule has 1 fully saturated rings. The molecule has 0 aromatic carbocycles. The lowest BCUT2D eigenvalue weighted by molar-refractivity contribution is 0.0956. The Labute approximate surface area is 106 Å². The van der Waals surface area contributed by atoms with E-state index in [4.69, 9.17) is 5.84 Å². The van der Waals surface area contributed by atoms with Gasteiger partial charge in [0, 0.05) is 19.6 Å². The minimum absolute atomic E-state index is 0.185. The number of amides is 1. The zero-order valence-corrected chi connectivity index (χ0v) is 11.1. The molecule has 0 radical (unpaired) electrons. The van der Waals surface area contributed by atoms with Crippen LogP contribution in [0.1, 0.15) is 29.1 Å². The average molecular weight is 253 g/mol. The highest BCUT2D eigenvalue weighted by molar-refractivity contribution is 7.12. The molecule has 2 atom stereocenters. The lowest BCUT2D eigenvalue weighted by Crippen LogP contribution is -2.30. The standard InChI is InChI=1S/C12H19N3OS/c1-8-5-15(6-9(8)2)7-10-3-4-17-11(10)12(16)14-13/h3-4,8-9H,5-7,13H2,1-2H3,(H,14,16). The molecule has 0 spiro atoms. The number of nitrogens with two attached hydrogens (primary N) is 1. The van der Waals surface area contributed by atoms with Gasteiger partial charge in [-0.1, -0.05) is 13.8 Å². The van der Waals surface area contributed by atoms with E-state index in [0.717, 1.165) is 41.9 Å². The molecule has 3 N–H and O–H groups in total. The van der Waals surface area contributed by atoms with Crippen molar-refractivity contribution in [3.05, 3.63) is 21.9 Å². The van der Waals surface area contributed by atoms with Gasteiger partial charge in [-0.25, -0.2) is 5.84 Å². The van der Waals surface area contributed by atoms with Gasteiger partial charge in [-0.3, -0.25) is 15.1 Å². The topological polar surface area (TPSA) is 58.4 Å². The summed E-state index contributed by atoms with van der Waals surface area (Å²) in [6.45, 7) is 7.64. The number of nitrogens with one attached hydrogen (secondary N) is 1. The van der Waals surface area contributed by atoms with Gasteiger partial charge < -0.3 is 0 Å². The Morgan fingerprint density at radius 1 is 1.53 bits per heavy atom. The highest BCUT2D eigenvalue weighted by Gasteiger charge is 2.26. The van der Waals surface area contributed by atoms with Gasteiger partial charge in [0.1, 0.15) is 0 Å². The fourth-order valence-electron chi connectivity index (χ4n) is 2.34. The maximum atomic E-state index is 11.6. The number of rotatable bonds is 3. The number of nitrogen functional groups attached to an aromatic ring is 1. The van der Waals surface area contributed by atoms with Crippen LogP contribution in [-0.2, 0) is 6.54 Å². The number of nitrogens with zero attached hydrogens (tertiary/aromatic N) is 1. The summed E-state index contributed by atoms with van der Waals surface area (Å²) in [5.41, 5.74) is 3.29. The Hall–Kier alpha value is -0.910. The molecule has 17 heavy (non-hydrogen) atoms. The van der Waals surface area contributed by atoms with Crippen LogP contribution in [0.4, 0.5) is 0 Å². The Morgan fingerprint density at radius 2 is 2.18 bits per heavy atom. The van der Waals surface area contributed by atoms with Crippen molar-refractivity contribution in [1.29, 1.82) is 0 Å². The molecule has 1 aromatic rings. The van der Waals surface area contributed by atoms with E-state index in [1.165, 1.54) is 11.3 Å². The Balaban J connectivity index is 2.04. The zero-order chi connectivity index (χ0) is 12.4. The SMILES string of the molecule is CC1CN(Cc2ccsc2C(=O)NN)CC1C. The molecule has 1 aromatic heterocycles. The van der Waals surface area contributed by atoms with Crippen molar-refractivity contribution in [3.63, 3.8) is 0 Å². The third kappa shape index (κ3) is 2.68. The number of hydrogen-bond acceptors (Lipinski definition) is 4. The molecular formula is C12H19N3OS. The van der Waals surface area contributed by atoms with Gasteiger partial charge in [0.15, 0.2) is 0 Å². The normalized spacial score (nSPS) is 25.1. The fraction of sp³-hybridized carbons (Fsp3) is 0.583. The summed E-state index contributed by atoms with van der Waals surface area (Å²) >= 11 is 1.45. The molecular weight excluding hydrogens is 234 g/mol. The van der Waals surface area contributed by atoms with Crippen LogP contribution in [0.5, 0.6) is 0 Å². The molecule has 2 unspecified atom stereocenters. The lowest BCUT2D eigenvalue weighted by atomic mass is 10.0. The molecule has 4 nitrogen and oxygen atoms in total. The van der Waals surface area contributed by atoms with Crippen molar-refractivity contribution >= 4 is 17.2 Å². The molecule has 0 aliphatic carbocycles. The molecule has 2 rings (SSSR count). The maximum absolute atomic E-state index is 11.6. The van der Waals surface area contributed by atoms with Crippen LogP contribution in [0.15, 0.2) is 11.4 Å². The predicted octanol–water partition coefficient (Wildman–Crippen LogP) is 1.44. The number of thiophene rings is 1. The summed E-state index contributed by atoms with van der Waals surface area (Å²) in [7, 11) is 0. The summed E-state index contributed by atoms with van der Waals surface area (Å²) in [5, 5.41) is 1.95. The monoisotopic (exact) mass is 253 g/mol. The first-order valence-electron chi connectivity index (χ1n) is 5.91. The highest BCUT2D eigenvalue weighted by Crippen LogP contribution is 2.26. The first-order chi connectivity index (χ1) is 8.11. The third-order valence-electron chi connectivity index (χ3n) is 3.54. The Morgan fingerprint density at radius 3 is 2.76 bits per heavy atom. The van der Waals surface area contributed by atoms with Crippen LogP contribution >= 0.6 is 11.3 Å². The highest BCUT2D eigenvalue weighted by atomic mass is 32.1. The van der Waals surface area contributed by atoms with E-state index in [1.807, 2.05) is 11.4 Å². The fourth-order valence-corrected chi connectivity index (χ4v) is 3.16. The van der Waals surface area contributed by atoms with Crippen molar-refractivity contribution in [2.45, 2.75) is 20.4 Å². The zero-order valence-electron chi connectivity index (χ0n) is 10.3. The predicted molar refractivity (Wildman–Crippen MR) is 69.6 cm³/mol. The molecule has 5 heteroatoms. The third-order valence-corrected chi connectivity index (χ3v) is 4.50. The lowest BCUT2D eigenvalue weighted by Gasteiger charge is -2.15. The van der Waals surface area contributed by atoms with Crippen molar-refractivity contribution in [2.75, 3.05) is 13.1 Å². The summed E-state index contributed by atoms with van der Waals surface area (Å²) < 4.78 is 0. The van der Waals surface area contributed by atoms with E-state index in [2.05, 4.69) is 24.2 Å². The van der Waals surface area contributed by atoms with E-state index < -0.39 is 0 Å². The first kappa shape index (κ1) is 12.5. The van der Waals surface area contributed by atoms with Gasteiger partial charge in [0.2, 0.25) is 0 Å². The minimum Gasteiger partial charge on any atom is -0.298 e. The molecule has 94 valence electrons. The molecule has 2 heterocycles. The van der Waals surface area contributed by atoms with Crippen molar-refractivity contribution in [3.8, 4) is 0 Å². The summed E-state index contributed by atoms with van der Waals surface area (Å²) in [5.74, 6) is 6.47. The second kappa shape index (κ2) is 5.16. The summed E-state index contributed by atoms with van der Waals surface area (Å²) in [4.78, 5) is 14.7. The quantitative estimate of drug-likeness (QED) is 0.487. The van der Waals surface area contributed by atoms with Crippen LogP contribution in [-0.4, -0.2) is 23.9 Å². The van der Waals surface area contributed by atoms with Gasteiger partial charge in [0.25, 0.3) is 5.91 Å². The van der Waals surface area contributed by atoms with E-state index in [0.29, 0.717) is 0 Å². The van der Waals surface area contributed by atoms with Gasteiger partial charge >= 0.3 is 0 Å². The number of carbonyl (C=O) groups excluding carboxylic acids is 1. The van der Waals surface area contributed by atoms with Crippen LogP contribution in [0.3, 0.4) is 0 Å². The summed E-state index contributed by atoms with van der Waals surface area (Å²) in [6.07, 6.45) is 0. The van der Waals surface area contributed by atoms with E-state index in [-0.39, 0.29) is 5.91 Å². The van der Waals surface area contributed by atoms with Crippen LogP contribution < -0.4 is 11.3 Å². The first-order valence-corrected chi connectivity index (χ1v) is 6.79. The van der Waals surface area contributed by atoms with Gasteiger partial charge in [-0.05, 0) is 28.8 Å². The number of hydrazine groups is 1. The average Bonchev–Trinajstić information content (AvgIpc) is 2.86. The molecule has 0 saturated carbocycles. The maximum Gasteiger partial charge on any atom is 0.275 e. The van der Waals surface area contributed by atoms with Crippen molar-refractivity contribution in [1.82, 2.24) is 10.3 Å².